The maximum atomic E-state index is 12.1. The number of fused-ring (bicyclic) bond motifs is 1. The summed E-state index contributed by atoms with van der Waals surface area (Å²) < 4.78 is 0. The minimum Gasteiger partial charge on any atom is -0.391 e. The fourth-order valence-corrected chi connectivity index (χ4v) is 4.21. The lowest BCUT2D eigenvalue weighted by Crippen LogP contribution is -2.36. The summed E-state index contributed by atoms with van der Waals surface area (Å²) in [7, 11) is 0. The summed E-state index contributed by atoms with van der Waals surface area (Å²) >= 11 is 0. The fraction of sp³-hybridized carbons (Fsp3) is 0.933. The number of hydrogen-bond acceptors (Lipinski definition) is 2. The summed E-state index contributed by atoms with van der Waals surface area (Å²) in [6.07, 6.45) is 9.51. The molecule has 0 aliphatic heterocycles. The molecule has 0 aromatic heterocycles. The Bertz CT molecular complexity index is 300. The van der Waals surface area contributed by atoms with Gasteiger partial charge < -0.3 is 10.4 Å². The third-order valence-electron chi connectivity index (χ3n) is 5.39. The summed E-state index contributed by atoms with van der Waals surface area (Å²) in [5.74, 6) is 2.25. The molecule has 0 heterocycles. The van der Waals surface area contributed by atoms with Crippen molar-refractivity contribution in [1.82, 2.24) is 5.32 Å². The fourth-order valence-electron chi connectivity index (χ4n) is 4.21. The van der Waals surface area contributed by atoms with Gasteiger partial charge in [-0.05, 0) is 43.4 Å². The molecule has 3 nitrogen and oxygen atoms in total. The predicted octanol–water partition coefficient (Wildman–Crippen LogP) is 2.09. The van der Waals surface area contributed by atoms with E-state index in [2.05, 4.69) is 5.32 Å². The second-order valence-electron chi connectivity index (χ2n) is 6.49. The van der Waals surface area contributed by atoms with Gasteiger partial charge >= 0.3 is 0 Å². The lowest BCUT2D eigenvalue weighted by Gasteiger charge is -2.18. The average molecular weight is 251 g/mol. The van der Waals surface area contributed by atoms with E-state index in [9.17, 15) is 9.90 Å². The molecular formula is C15H25NO2. The molecule has 2 N–H and O–H groups in total. The largest absolute Gasteiger partial charge is 0.391 e. The zero-order valence-electron chi connectivity index (χ0n) is 11.1. The van der Waals surface area contributed by atoms with Gasteiger partial charge in [-0.1, -0.05) is 25.7 Å². The third-order valence-corrected chi connectivity index (χ3v) is 5.39. The quantitative estimate of drug-likeness (QED) is 0.804. The zero-order chi connectivity index (χ0) is 12.5. The Balaban J connectivity index is 1.41. The number of rotatable bonds is 4. The van der Waals surface area contributed by atoms with Crippen molar-refractivity contribution in [2.24, 2.45) is 23.7 Å². The first-order valence-corrected chi connectivity index (χ1v) is 7.73. The maximum Gasteiger partial charge on any atom is 0.223 e. The highest BCUT2D eigenvalue weighted by Gasteiger charge is 2.54. The van der Waals surface area contributed by atoms with Crippen molar-refractivity contribution in [2.45, 2.75) is 57.5 Å². The first-order valence-electron chi connectivity index (χ1n) is 7.73. The molecule has 3 atom stereocenters. The standard InChI is InChI=1S/C15H25NO2/c17-13(10-5-1-2-6-10)9-16-15(18)14-11-7-3-4-8-12(11)14/h10-14,17H,1-9H2,(H,16,18). The molecule has 0 spiro atoms. The van der Waals surface area contributed by atoms with Gasteiger partial charge in [-0.15, -0.1) is 0 Å². The molecule has 3 aliphatic rings. The van der Waals surface area contributed by atoms with Crippen LogP contribution in [0.3, 0.4) is 0 Å². The molecule has 102 valence electrons. The second-order valence-corrected chi connectivity index (χ2v) is 6.49. The van der Waals surface area contributed by atoms with Crippen LogP contribution in [0.2, 0.25) is 0 Å². The topological polar surface area (TPSA) is 49.3 Å². The van der Waals surface area contributed by atoms with Crippen molar-refractivity contribution in [1.29, 1.82) is 0 Å². The van der Waals surface area contributed by atoms with E-state index in [0.29, 0.717) is 24.3 Å². The van der Waals surface area contributed by atoms with Gasteiger partial charge in [0.25, 0.3) is 0 Å². The summed E-state index contributed by atoms with van der Waals surface area (Å²) in [6.45, 7) is 0.472. The van der Waals surface area contributed by atoms with Crippen molar-refractivity contribution in [3.63, 3.8) is 0 Å². The van der Waals surface area contributed by atoms with Crippen molar-refractivity contribution < 1.29 is 9.90 Å². The Kier molecular flexibility index (Phi) is 3.60. The lowest BCUT2D eigenvalue weighted by molar-refractivity contribution is -0.123. The number of hydrogen-bond donors (Lipinski definition) is 2. The molecular weight excluding hydrogens is 226 g/mol. The molecule has 0 bridgehead atoms. The maximum absolute atomic E-state index is 12.1. The van der Waals surface area contributed by atoms with Gasteiger partial charge in [-0.25, -0.2) is 0 Å². The Morgan fingerprint density at radius 1 is 1.06 bits per heavy atom. The van der Waals surface area contributed by atoms with E-state index in [-0.39, 0.29) is 17.9 Å². The number of amides is 1. The Morgan fingerprint density at radius 3 is 2.22 bits per heavy atom. The van der Waals surface area contributed by atoms with Gasteiger partial charge in [-0.2, -0.15) is 0 Å². The molecule has 0 aromatic rings. The van der Waals surface area contributed by atoms with Crippen LogP contribution in [0.25, 0.3) is 0 Å². The predicted molar refractivity (Wildman–Crippen MR) is 69.9 cm³/mol. The van der Waals surface area contributed by atoms with Crippen molar-refractivity contribution in [2.75, 3.05) is 6.54 Å². The highest BCUT2D eigenvalue weighted by molar-refractivity contribution is 5.82. The molecule has 0 aromatic carbocycles. The molecule has 18 heavy (non-hydrogen) atoms. The minimum absolute atomic E-state index is 0.212. The molecule has 1 amide bonds. The van der Waals surface area contributed by atoms with Gasteiger partial charge in [0.05, 0.1) is 6.10 Å². The SMILES string of the molecule is O=C(NCC(O)C1CCCC1)C1C2CCCCC21. The van der Waals surface area contributed by atoms with Gasteiger partial charge in [0.1, 0.15) is 0 Å². The summed E-state index contributed by atoms with van der Waals surface area (Å²) in [4.78, 5) is 12.1. The van der Waals surface area contributed by atoms with Crippen molar-refractivity contribution in [3.8, 4) is 0 Å². The highest BCUT2D eigenvalue weighted by atomic mass is 16.3. The van der Waals surface area contributed by atoms with Crippen LogP contribution in [-0.4, -0.2) is 23.7 Å². The van der Waals surface area contributed by atoms with E-state index in [1.54, 1.807) is 0 Å². The van der Waals surface area contributed by atoms with E-state index in [1.165, 1.54) is 38.5 Å². The van der Waals surface area contributed by atoms with Crippen molar-refractivity contribution in [3.05, 3.63) is 0 Å². The van der Waals surface area contributed by atoms with E-state index < -0.39 is 0 Å². The van der Waals surface area contributed by atoms with Crippen LogP contribution in [0.5, 0.6) is 0 Å². The third kappa shape index (κ3) is 2.42. The molecule has 0 radical (unpaired) electrons. The number of carbonyl (C=O) groups is 1. The van der Waals surface area contributed by atoms with Crippen LogP contribution in [0, 0.1) is 23.7 Å². The number of nitrogens with one attached hydrogen (secondary N) is 1. The Morgan fingerprint density at radius 2 is 1.61 bits per heavy atom. The summed E-state index contributed by atoms with van der Waals surface area (Å²) in [5.41, 5.74) is 0. The van der Waals surface area contributed by atoms with E-state index in [0.717, 1.165) is 12.8 Å². The average Bonchev–Trinajstić information content (AvgIpc) is 2.85. The van der Waals surface area contributed by atoms with Crippen LogP contribution in [0.4, 0.5) is 0 Å². The Labute approximate surface area is 109 Å². The number of aliphatic hydroxyl groups excluding tert-OH is 1. The van der Waals surface area contributed by atoms with Gasteiger partial charge in [-0.3, -0.25) is 4.79 Å². The van der Waals surface area contributed by atoms with Crippen LogP contribution >= 0.6 is 0 Å². The first kappa shape index (κ1) is 12.5. The molecule has 0 saturated heterocycles. The molecule has 3 rings (SSSR count). The van der Waals surface area contributed by atoms with Gasteiger partial charge in [0.15, 0.2) is 0 Å². The van der Waals surface area contributed by atoms with Crippen LogP contribution < -0.4 is 5.32 Å². The van der Waals surface area contributed by atoms with Crippen LogP contribution in [-0.2, 0) is 4.79 Å². The normalized spacial score (nSPS) is 37.1. The zero-order valence-corrected chi connectivity index (χ0v) is 11.1. The van der Waals surface area contributed by atoms with E-state index >= 15 is 0 Å². The first-order chi connectivity index (χ1) is 8.77. The summed E-state index contributed by atoms with van der Waals surface area (Å²) in [6, 6.07) is 0. The molecule has 3 saturated carbocycles. The monoisotopic (exact) mass is 251 g/mol. The molecule has 3 fully saturated rings. The summed E-state index contributed by atoms with van der Waals surface area (Å²) in [5, 5.41) is 13.0. The van der Waals surface area contributed by atoms with Gasteiger partial charge in [0, 0.05) is 12.5 Å². The van der Waals surface area contributed by atoms with Gasteiger partial charge in [0.2, 0.25) is 5.91 Å². The van der Waals surface area contributed by atoms with Crippen LogP contribution in [0.1, 0.15) is 51.4 Å². The molecule has 3 aliphatic carbocycles. The van der Waals surface area contributed by atoms with Crippen LogP contribution in [0.15, 0.2) is 0 Å². The van der Waals surface area contributed by atoms with Crippen molar-refractivity contribution >= 4 is 5.91 Å². The highest BCUT2D eigenvalue weighted by Crippen LogP contribution is 2.55. The minimum atomic E-state index is -0.322. The Hall–Kier alpha value is -0.570. The molecule has 3 heteroatoms. The lowest BCUT2D eigenvalue weighted by atomic mass is 10.0. The smallest absolute Gasteiger partial charge is 0.223 e. The van der Waals surface area contributed by atoms with E-state index in [4.69, 9.17) is 0 Å². The van der Waals surface area contributed by atoms with E-state index in [1.807, 2.05) is 0 Å². The molecule has 3 unspecified atom stereocenters. The number of aliphatic hydroxyl groups is 1. The number of carbonyl (C=O) groups excluding carboxylic acids is 1. The second kappa shape index (κ2) is 5.20.